The predicted octanol–water partition coefficient (Wildman–Crippen LogP) is 3.68. The summed E-state index contributed by atoms with van der Waals surface area (Å²) in [5.74, 6) is 0.149. The lowest BCUT2D eigenvalue weighted by atomic mass is 9.59. The monoisotopic (exact) mass is 322 g/mol. The molecule has 4 nitrogen and oxygen atoms in total. The Morgan fingerprint density at radius 3 is 1.83 bits per heavy atom. The third-order valence-electron chi connectivity index (χ3n) is 5.65. The molecule has 4 atom stereocenters. The van der Waals surface area contributed by atoms with Gasteiger partial charge in [-0.25, -0.2) is 0 Å². The summed E-state index contributed by atoms with van der Waals surface area (Å²) in [6, 6.07) is 19.8. The fourth-order valence-corrected chi connectivity index (χ4v) is 4.60. The maximum absolute atomic E-state index is 11.9. The third kappa shape index (κ3) is 2.51. The van der Waals surface area contributed by atoms with E-state index < -0.39 is 6.04 Å². The summed E-state index contributed by atoms with van der Waals surface area (Å²) in [6.45, 7) is 1.97. The molecule has 0 radical (unpaired) electrons. The molecule has 4 heteroatoms. The summed E-state index contributed by atoms with van der Waals surface area (Å²) in [6.07, 6.45) is 2.30. The quantitative estimate of drug-likeness (QED) is 0.637. The molecule has 0 aromatic heterocycles. The van der Waals surface area contributed by atoms with Gasteiger partial charge in [-0.15, -0.1) is 0 Å². The van der Waals surface area contributed by atoms with Gasteiger partial charge < -0.3 is 0 Å². The van der Waals surface area contributed by atoms with E-state index in [0.29, 0.717) is 0 Å². The van der Waals surface area contributed by atoms with Crippen molar-refractivity contribution in [1.29, 1.82) is 0 Å². The van der Waals surface area contributed by atoms with Gasteiger partial charge in [0.1, 0.15) is 0 Å². The molecule has 24 heavy (non-hydrogen) atoms. The summed E-state index contributed by atoms with van der Waals surface area (Å²) >= 11 is 0. The molecular weight excluding hydrogens is 300 g/mol. The van der Waals surface area contributed by atoms with E-state index in [4.69, 9.17) is 0 Å². The van der Waals surface area contributed by atoms with Crippen LogP contribution in [0.5, 0.6) is 0 Å². The van der Waals surface area contributed by atoms with Crippen molar-refractivity contribution in [2.75, 3.05) is 13.1 Å². The van der Waals surface area contributed by atoms with Gasteiger partial charge in [0.15, 0.2) is 0 Å². The molecule has 124 valence electrons. The highest BCUT2D eigenvalue weighted by Crippen LogP contribution is 2.53. The zero-order valence-electron chi connectivity index (χ0n) is 13.6. The van der Waals surface area contributed by atoms with Crippen molar-refractivity contribution >= 4 is 0 Å². The Balaban J connectivity index is 1.76. The minimum Gasteiger partial charge on any atom is -0.293 e. The number of hydrogen-bond acceptors (Lipinski definition) is 3. The molecule has 1 saturated carbocycles. The smallest absolute Gasteiger partial charge is 0.236 e. The van der Waals surface area contributed by atoms with E-state index in [-0.39, 0.29) is 22.8 Å². The number of nitrogens with zero attached hydrogens (tertiary/aromatic N) is 2. The summed E-state index contributed by atoms with van der Waals surface area (Å²) in [7, 11) is 0. The Morgan fingerprint density at radius 2 is 1.33 bits per heavy atom. The molecule has 2 aromatic rings. The first-order valence-electron chi connectivity index (χ1n) is 8.75. The van der Waals surface area contributed by atoms with Crippen LogP contribution in [0.15, 0.2) is 60.7 Å². The van der Waals surface area contributed by atoms with E-state index >= 15 is 0 Å². The van der Waals surface area contributed by atoms with Crippen molar-refractivity contribution in [3.05, 3.63) is 81.9 Å². The molecule has 1 saturated heterocycles. The summed E-state index contributed by atoms with van der Waals surface area (Å²) in [5.41, 5.74) is 2.31. The third-order valence-corrected chi connectivity index (χ3v) is 5.65. The van der Waals surface area contributed by atoms with E-state index in [1.54, 1.807) is 0 Å². The highest BCUT2D eigenvalue weighted by molar-refractivity contribution is 5.38. The van der Waals surface area contributed by atoms with Crippen LogP contribution in [0, 0.1) is 10.1 Å². The van der Waals surface area contributed by atoms with Crippen molar-refractivity contribution in [1.82, 2.24) is 4.90 Å². The van der Waals surface area contributed by atoms with Crippen LogP contribution in [0.4, 0.5) is 0 Å². The van der Waals surface area contributed by atoms with Crippen LogP contribution in [0.3, 0.4) is 0 Å². The van der Waals surface area contributed by atoms with E-state index in [0.717, 1.165) is 31.5 Å². The van der Waals surface area contributed by atoms with E-state index in [2.05, 4.69) is 17.0 Å². The molecule has 2 aliphatic rings. The molecular formula is C20H22N2O2. The maximum Gasteiger partial charge on any atom is 0.236 e. The number of benzene rings is 2. The molecule has 4 rings (SSSR count). The van der Waals surface area contributed by atoms with Gasteiger partial charge in [-0.1, -0.05) is 60.7 Å². The standard InChI is InChI=1S/C20H22N2O2/c23-22(24)20-18(16-11-5-2-6-12-16)17(15-9-3-1-4-10-15)19(20)21-13-7-8-14-21/h1-6,9-12,17-20H,7-8,13-14H2. The van der Waals surface area contributed by atoms with Crippen LogP contribution in [-0.4, -0.2) is 35.0 Å². The van der Waals surface area contributed by atoms with Crippen molar-refractivity contribution in [2.45, 2.75) is 36.8 Å². The molecule has 2 aromatic carbocycles. The van der Waals surface area contributed by atoms with Gasteiger partial charge >= 0.3 is 0 Å². The lowest BCUT2D eigenvalue weighted by Gasteiger charge is -2.50. The number of rotatable bonds is 4. The highest BCUT2D eigenvalue weighted by atomic mass is 16.6. The fourth-order valence-electron chi connectivity index (χ4n) is 4.60. The Kier molecular flexibility index (Phi) is 4.07. The average Bonchev–Trinajstić information content (AvgIpc) is 3.09. The Hall–Kier alpha value is -2.20. The van der Waals surface area contributed by atoms with Crippen LogP contribution in [0.2, 0.25) is 0 Å². The zero-order valence-corrected chi connectivity index (χ0v) is 13.6. The van der Waals surface area contributed by atoms with Gasteiger partial charge in [-0.3, -0.25) is 15.0 Å². The highest BCUT2D eigenvalue weighted by Gasteiger charge is 2.61. The summed E-state index contributed by atoms with van der Waals surface area (Å²) in [5, 5.41) is 11.9. The Bertz CT molecular complexity index is 698. The maximum atomic E-state index is 11.9. The van der Waals surface area contributed by atoms with Gasteiger partial charge in [0, 0.05) is 10.8 Å². The molecule has 0 spiro atoms. The molecule has 1 aliphatic heterocycles. The second-order valence-electron chi connectivity index (χ2n) is 6.88. The van der Waals surface area contributed by atoms with Crippen molar-refractivity contribution in [2.24, 2.45) is 0 Å². The molecule has 4 unspecified atom stereocenters. The first-order chi connectivity index (χ1) is 11.8. The Labute approximate surface area is 142 Å². The molecule has 0 amide bonds. The second kappa shape index (κ2) is 6.36. The molecule has 0 N–H and O–H groups in total. The van der Waals surface area contributed by atoms with Gasteiger partial charge in [0.05, 0.1) is 12.0 Å². The van der Waals surface area contributed by atoms with Crippen LogP contribution in [0.25, 0.3) is 0 Å². The molecule has 2 fully saturated rings. The van der Waals surface area contributed by atoms with Gasteiger partial charge in [-0.2, -0.15) is 0 Å². The van der Waals surface area contributed by atoms with E-state index in [9.17, 15) is 10.1 Å². The zero-order chi connectivity index (χ0) is 16.5. The van der Waals surface area contributed by atoms with Crippen molar-refractivity contribution < 1.29 is 4.92 Å². The van der Waals surface area contributed by atoms with Crippen molar-refractivity contribution in [3.8, 4) is 0 Å². The first kappa shape index (κ1) is 15.3. The largest absolute Gasteiger partial charge is 0.293 e. The average molecular weight is 322 g/mol. The van der Waals surface area contributed by atoms with Crippen LogP contribution in [0.1, 0.15) is 35.8 Å². The van der Waals surface area contributed by atoms with Gasteiger partial charge in [0.25, 0.3) is 0 Å². The van der Waals surface area contributed by atoms with E-state index in [1.165, 1.54) is 5.56 Å². The predicted molar refractivity (Wildman–Crippen MR) is 93.7 cm³/mol. The molecule has 1 aliphatic carbocycles. The van der Waals surface area contributed by atoms with Gasteiger partial charge in [0.2, 0.25) is 6.04 Å². The van der Waals surface area contributed by atoms with Crippen LogP contribution in [-0.2, 0) is 0 Å². The van der Waals surface area contributed by atoms with Crippen molar-refractivity contribution in [3.63, 3.8) is 0 Å². The van der Waals surface area contributed by atoms with Crippen LogP contribution < -0.4 is 0 Å². The number of nitro groups is 1. The lowest BCUT2D eigenvalue weighted by Crippen LogP contribution is -2.63. The fraction of sp³-hybridized carbons (Fsp3) is 0.400. The molecule has 1 heterocycles. The van der Waals surface area contributed by atoms with Gasteiger partial charge in [-0.05, 0) is 37.1 Å². The number of hydrogen-bond donors (Lipinski definition) is 0. The second-order valence-corrected chi connectivity index (χ2v) is 6.88. The summed E-state index contributed by atoms with van der Waals surface area (Å²) < 4.78 is 0. The SMILES string of the molecule is O=[N+]([O-])C1C(c2ccccc2)C(c2ccccc2)C1N1CCCC1. The minimum absolute atomic E-state index is 0.00936. The topological polar surface area (TPSA) is 46.4 Å². The summed E-state index contributed by atoms with van der Waals surface area (Å²) in [4.78, 5) is 14.2. The first-order valence-corrected chi connectivity index (χ1v) is 8.75. The van der Waals surface area contributed by atoms with E-state index in [1.807, 2.05) is 48.5 Å². The minimum atomic E-state index is -0.518. The number of likely N-dealkylation sites (tertiary alicyclic amines) is 1. The molecule has 0 bridgehead atoms. The lowest BCUT2D eigenvalue weighted by molar-refractivity contribution is -0.552. The Morgan fingerprint density at radius 1 is 0.833 bits per heavy atom. The normalized spacial score (nSPS) is 30.0. The van der Waals surface area contributed by atoms with Crippen LogP contribution >= 0.6 is 0 Å².